The zero-order valence-corrected chi connectivity index (χ0v) is 18.8. The molecule has 170 valence electrons. The number of hydrogen-bond donors (Lipinski definition) is 0. The zero-order valence-electron chi connectivity index (χ0n) is 18.8. The maximum atomic E-state index is 13.7. The van der Waals surface area contributed by atoms with Gasteiger partial charge in [0.1, 0.15) is 11.3 Å². The summed E-state index contributed by atoms with van der Waals surface area (Å²) in [6.45, 7) is 2.89. The van der Waals surface area contributed by atoms with E-state index >= 15 is 0 Å². The average Bonchev–Trinajstić information content (AvgIpc) is 3.00. The SMILES string of the molecule is COCCN1C(=O)N(Cc2cccc(OC)c2)C(=O)C12CCN(C1CCCCC1)CC2. The van der Waals surface area contributed by atoms with Crippen molar-refractivity contribution in [3.05, 3.63) is 29.8 Å². The quantitative estimate of drug-likeness (QED) is 0.623. The van der Waals surface area contributed by atoms with E-state index in [0.29, 0.717) is 32.0 Å². The molecule has 0 radical (unpaired) electrons. The number of nitrogens with zero attached hydrogens (tertiary/aromatic N) is 3. The molecule has 1 saturated carbocycles. The molecule has 3 aliphatic rings. The molecule has 2 heterocycles. The van der Waals surface area contributed by atoms with Crippen LogP contribution in [0.1, 0.15) is 50.5 Å². The summed E-state index contributed by atoms with van der Waals surface area (Å²) >= 11 is 0. The van der Waals surface area contributed by atoms with E-state index in [4.69, 9.17) is 9.47 Å². The summed E-state index contributed by atoms with van der Waals surface area (Å²) < 4.78 is 10.6. The molecule has 0 bridgehead atoms. The third-order valence-corrected chi connectivity index (χ3v) is 7.33. The van der Waals surface area contributed by atoms with E-state index in [-0.39, 0.29) is 18.5 Å². The number of hydrogen-bond acceptors (Lipinski definition) is 5. The van der Waals surface area contributed by atoms with Crippen LogP contribution in [0.25, 0.3) is 0 Å². The van der Waals surface area contributed by atoms with Gasteiger partial charge in [-0.15, -0.1) is 0 Å². The minimum absolute atomic E-state index is 0.0558. The molecule has 0 aromatic heterocycles. The number of imide groups is 1. The number of carbonyl (C=O) groups is 2. The van der Waals surface area contributed by atoms with E-state index in [2.05, 4.69) is 4.90 Å². The van der Waals surface area contributed by atoms with E-state index in [1.807, 2.05) is 24.3 Å². The Balaban J connectivity index is 1.52. The molecular weight excluding hydrogens is 394 g/mol. The van der Waals surface area contributed by atoms with E-state index in [9.17, 15) is 9.59 Å². The third kappa shape index (κ3) is 4.30. The maximum Gasteiger partial charge on any atom is 0.328 e. The summed E-state index contributed by atoms with van der Waals surface area (Å²) in [6, 6.07) is 8.01. The largest absolute Gasteiger partial charge is 0.497 e. The Hall–Kier alpha value is -2.12. The number of amides is 3. The van der Waals surface area contributed by atoms with Gasteiger partial charge in [0.15, 0.2) is 0 Å². The molecule has 1 spiro atoms. The second-order valence-electron chi connectivity index (χ2n) is 9.03. The number of urea groups is 1. The molecule has 2 saturated heterocycles. The predicted octanol–water partition coefficient (Wildman–Crippen LogP) is 3.27. The highest BCUT2D eigenvalue weighted by Gasteiger charge is 2.57. The van der Waals surface area contributed by atoms with Gasteiger partial charge in [0.05, 0.1) is 20.3 Å². The molecule has 1 aliphatic carbocycles. The first-order valence-corrected chi connectivity index (χ1v) is 11.6. The lowest BCUT2D eigenvalue weighted by molar-refractivity contribution is -0.136. The van der Waals surface area contributed by atoms with Crippen molar-refractivity contribution in [3.8, 4) is 5.75 Å². The highest BCUT2D eigenvalue weighted by molar-refractivity contribution is 6.07. The van der Waals surface area contributed by atoms with Gasteiger partial charge in [0.2, 0.25) is 0 Å². The van der Waals surface area contributed by atoms with Gasteiger partial charge in [-0.25, -0.2) is 4.79 Å². The van der Waals surface area contributed by atoms with E-state index in [0.717, 1.165) is 24.4 Å². The van der Waals surface area contributed by atoms with Gasteiger partial charge in [-0.2, -0.15) is 0 Å². The Bertz CT molecular complexity index is 785. The van der Waals surface area contributed by atoms with Gasteiger partial charge >= 0.3 is 6.03 Å². The van der Waals surface area contributed by atoms with Gasteiger partial charge in [-0.1, -0.05) is 31.4 Å². The van der Waals surface area contributed by atoms with Crippen molar-refractivity contribution in [2.45, 2.75) is 63.1 Å². The summed E-state index contributed by atoms with van der Waals surface area (Å²) in [4.78, 5) is 32.8. The fourth-order valence-corrected chi connectivity index (χ4v) is 5.56. The lowest BCUT2D eigenvalue weighted by Gasteiger charge is -2.45. The van der Waals surface area contributed by atoms with Crippen LogP contribution in [0.5, 0.6) is 5.75 Å². The molecule has 0 N–H and O–H groups in total. The Morgan fingerprint density at radius 3 is 2.48 bits per heavy atom. The van der Waals surface area contributed by atoms with Crippen LogP contribution in [0.2, 0.25) is 0 Å². The van der Waals surface area contributed by atoms with Crippen LogP contribution < -0.4 is 4.74 Å². The monoisotopic (exact) mass is 429 g/mol. The van der Waals surface area contributed by atoms with Crippen molar-refractivity contribution in [1.29, 1.82) is 0 Å². The number of ether oxygens (including phenoxy) is 2. The van der Waals surface area contributed by atoms with Crippen molar-refractivity contribution in [3.63, 3.8) is 0 Å². The number of likely N-dealkylation sites (tertiary alicyclic amines) is 1. The molecule has 4 rings (SSSR count). The Labute approximate surface area is 185 Å². The highest BCUT2D eigenvalue weighted by atomic mass is 16.5. The molecule has 3 amide bonds. The summed E-state index contributed by atoms with van der Waals surface area (Å²) in [5, 5.41) is 0. The van der Waals surface area contributed by atoms with E-state index in [1.165, 1.54) is 37.0 Å². The lowest BCUT2D eigenvalue weighted by Crippen LogP contribution is -2.58. The molecular formula is C24H35N3O4. The first-order chi connectivity index (χ1) is 15.1. The topological polar surface area (TPSA) is 62.3 Å². The molecule has 0 unspecified atom stereocenters. The molecule has 1 aromatic rings. The Morgan fingerprint density at radius 1 is 1.06 bits per heavy atom. The number of carbonyl (C=O) groups excluding carboxylic acids is 2. The van der Waals surface area contributed by atoms with Gasteiger partial charge in [-0.05, 0) is 43.4 Å². The summed E-state index contributed by atoms with van der Waals surface area (Å²) in [5.41, 5.74) is 0.157. The van der Waals surface area contributed by atoms with Gasteiger partial charge < -0.3 is 19.3 Å². The standard InChI is InChI=1S/C24H35N3O4/c1-30-16-15-27-23(29)26(18-19-7-6-10-21(17-19)31-2)22(28)24(27)11-13-25(14-12-24)20-8-4-3-5-9-20/h6-7,10,17,20H,3-5,8-9,11-16,18H2,1-2H3. The van der Waals surface area contributed by atoms with Crippen molar-refractivity contribution >= 4 is 11.9 Å². The summed E-state index contributed by atoms with van der Waals surface area (Å²) in [5.74, 6) is 0.669. The van der Waals surface area contributed by atoms with E-state index in [1.54, 1.807) is 19.1 Å². The van der Waals surface area contributed by atoms with Crippen LogP contribution in [-0.4, -0.2) is 78.7 Å². The molecule has 1 aromatic carbocycles. The summed E-state index contributed by atoms with van der Waals surface area (Å²) in [6.07, 6.45) is 7.87. The van der Waals surface area contributed by atoms with Crippen LogP contribution in [0.3, 0.4) is 0 Å². The number of benzene rings is 1. The first-order valence-electron chi connectivity index (χ1n) is 11.6. The normalized spacial score (nSPS) is 22.5. The lowest BCUT2D eigenvalue weighted by atomic mass is 9.83. The minimum Gasteiger partial charge on any atom is -0.497 e. The molecule has 7 heteroatoms. The second kappa shape index (κ2) is 9.57. The van der Waals surface area contributed by atoms with Gasteiger partial charge in [-0.3, -0.25) is 9.69 Å². The van der Waals surface area contributed by atoms with Gasteiger partial charge in [0.25, 0.3) is 5.91 Å². The molecule has 7 nitrogen and oxygen atoms in total. The van der Waals surface area contributed by atoms with Crippen molar-refractivity contribution in [2.75, 3.05) is 40.5 Å². The minimum atomic E-state index is -0.736. The number of rotatable bonds is 7. The van der Waals surface area contributed by atoms with Gasteiger partial charge in [0, 0.05) is 32.8 Å². The van der Waals surface area contributed by atoms with Crippen LogP contribution in [0.4, 0.5) is 4.79 Å². The van der Waals surface area contributed by atoms with E-state index < -0.39 is 5.54 Å². The third-order valence-electron chi connectivity index (χ3n) is 7.33. The van der Waals surface area contributed by atoms with Crippen molar-refractivity contribution < 1.29 is 19.1 Å². The van der Waals surface area contributed by atoms with Crippen LogP contribution >= 0.6 is 0 Å². The zero-order chi connectivity index (χ0) is 21.8. The van der Waals surface area contributed by atoms with Crippen molar-refractivity contribution in [2.24, 2.45) is 0 Å². The Kier molecular flexibility index (Phi) is 6.82. The second-order valence-corrected chi connectivity index (χ2v) is 9.03. The highest BCUT2D eigenvalue weighted by Crippen LogP contribution is 2.39. The molecule has 2 aliphatic heterocycles. The first kappa shape index (κ1) is 22.1. The summed E-state index contributed by atoms with van der Waals surface area (Å²) in [7, 11) is 3.25. The van der Waals surface area contributed by atoms with Crippen LogP contribution in [-0.2, 0) is 16.1 Å². The van der Waals surface area contributed by atoms with Crippen LogP contribution in [0.15, 0.2) is 24.3 Å². The van der Waals surface area contributed by atoms with Crippen LogP contribution in [0, 0.1) is 0 Å². The fourth-order valence-electron chi connectivity index (χ4n) is 5.56. The Morgan fingerprint density at radius 2 is 1.81 bits per heavy atom. The number of piperidine rings is 1. The smallest absolute Gasteiger partial charge is 0.328 e. The fraction of sp³-hybridized carbons (Fsp3) is 0.667. The van der Waals surface area contributed by atoms with Crippen molar-refractivity contribution in [1.82, 2.24) is 14.7 Å². The molecule has 3 fully saturated rings. The number of methoxy groups -OCH3 is 2. The molecule has 31 heavy (non-hydrogen) atoms. The average molecular weight is 430 g/mol. The predicted molar refractivity (Wildman–Crippen MR) is 118 cm³/mol. The maximum absolute atomic E-state index is 13.7. The molecule has 0 atom stereocenters.